The lowest BCUT2D eigenvalue weighted by Gasteiger charge is -2.13. The van der Waals surface area contributed by atoms with Crippen LogP contribution in [0, 0.1) is 5.82 Å². The molecule has 0 amide bonds. The van der Waals surface area contributed by atoms with E-state index in [1.54, 1.807) is 0 Å². The molecule has 0 aromatic heterocycles. The molecule has 0 bridgehead atoms. The van der Waals surface area contributed by atoms with Crippen molar-refractivity contribution in [2.24, 2.45) is 0 Å². The van der Waals surface area contributed by atoms with Crippen LogP contribution in [0.5, 0.6) is 5.75 Å². The maximum atomic E-state index is 13.8. The number of aromatic carboxylic acids is 1. The number of carboxylic acids is 1. The van der Waals surface area contributed by atoms with Crippen LogP contribution >= 0.6 is 0 Å². The van der Waals surface area contributed by atoms with Crippen LogP contribution < -0.4 is 5.32 Å². The lowest BCUT2D eigenvalue weighted by molar-refractivity contribution is -0.139. The maximum absolute atomic E-state index is 13.8. The summed E-state index contributed by atoms with van der Waals surface area (Å²) in [5.41, 5.74) is -2.34. The molecule has 0 fully saturated rings. The molecule has 4 nitrogen and oxygen atoms in total. The molecule has 0 atom stereocenters. The molecule has 0 aliphatic rings. The minimum Gasteiger partial charge on any atom is -0.507 e. The van der Waals surface area contributed by atoms with Gasteiger partial charge in [0, 0.05) is 5.69 Å². The number of carbonyl (C=O) groups is 1. The summed E-state index contributed by atoms with van der Waals surface area (Å²) in [6.45, 7) is 0. The Balaban J connectivity index is 2.40. The summed E-state index contributed by atoms with van der Waals surface area (Å²) in [4.78, 5) is 10.9. The summed E-state index contributed by atoms with van der Waals surface area (Å²) in [5, 5.41) is 20.6. The Hall–Kier alpha value is -2.77. The van der Waals surface area contributed by atoms with Gasteiger partial charge in [-0.1, -0.05) is 6.07 Å². The first-order chi connectivity index (χ1) is 10.2. The number of rotatable bonds is 3. The Labute approximate surface area is 121 Å². The van der Waals surface area contributed by atoms with Gasteiger partial charge in [0.05, 0.1) is 11.3 Å². The highest BCUT2D eigenvalue weighted by atomic mass is 19.4. The van der Waals surface area contributed by atoms with Crippen molar-refractivity contribution in [3.8, 4) is 5.75 Å². The normalized spacial score (nSPS) is 11.3. The Morgan fingerprint density at radius 3 is 2.41 bits per heavy atom. The standard InChI is InChI=1S/C14H9F4NO3/c15-12-9(14(16,17)18)2-1-3-10(12)19-7-4-5-11(20)8(6-7)13(21)22/h1-6,19-20H,(H,21,22). The molecule has 116 valence electrons. The summed E-state index contributed by atoms with van der Waals surface area (Å²) < 4.78 is 51.7. The average molecular weight is 315 g/mol. The number of hydrogen-bond donors (Lipinski definition) is 3. The highest BCUT2D eigenvalue weighted by Crippen LogP contribution is 2.35. The first-order valence-electron chi connectivity index (χ1n) is 5.89. The smallest absolute Gasteiger partial charge is 0.419 e. The predicted octanol–water partition coefficient (Wildman–Crippen LogP) is 3.99. The van der Waals surface area contributed by atoms with Crippen molar-refractivity contribution in [1.82, 2.24) is 0 Å². The number of aromatic hydroxyl groups is 1. The second-order valence-corrected chi connectivity index (χ2v) is 4.33. The van der Waals surface area contributed by atoms with E-state index in [-0.39, 0.29) is 5.69 Å². The molecule has 2 aromatic rings. The SMILES string of the molecule is O=C(O)c1cc(Nc2cccc(C(F)(F)F)c2F)ccc1O. The van der Waals surface area contributed by atoms with Gasteiger partial charge in [0.2, 0.25) is 0 Å². The number of anilines is 2. The second-order valence-electron chi connectivity index (χ2n) is 4.33. The molecule has 0 aliphatic heterocycles. The molecule has 0 aliphatic carbocycles. The third-order valence-corrected chi connectivity index (χ3v) is 2.81. The molecule has 22 heavy (non-hydrogen) atoms. The van der Waals surface area contributed by atoms with E-state index in [4.69, 9.17) is 5.11 Å². The van der Waals surface area contributed by atoms with Gasteiger partial charge >= 0.3 is 12.1 Å². The first kappa shape index (κ1) is 15.6. The van der Waals surface area contributed by atoms with Gasteiger partial charge < -0.3 is 15.5 Å². The van der Waals surface area contributed by atoms with E-state index in [1.807, 2.05) is 0 Å². The topological polar surface area (TPSA) is 69.6 Å². The number of benzene rings is 2. The highest BCUT2D eigenvalue weighted by molar-refractivity contribution is 5.92. The van der Waals surface area contributed by atoms with Crippen molar-refractivity contribution in [2.75, 3.05) is 5.32 Å². The molecule has 0 radical (unpaired) electrons. The third-order valence-electron chi connectivity index (χ3n) is 2.81. The summed E-state index contributed by atoms with van der Waals surface area (Å²) in [6.07, 6.45) is -4.84. The fraction of sp³-hybridized carbons (Fsp3) is 0.0714. The fourth-order valence-electron chi connectivity index (χ4n) is 1.79. The number of carboxylic acid groups (broad SMARTS) is 1. The van der Waals surface area contributed by atoms with E-state index in [1.165, 1.54) is 6.07 Å². The van der Waals surface area contributed by atoms with Gasteiger partial charge in [-0.2, -0.15) is 13.2 Å². The van der Waals surface area contributed by atoms with Gasteiger partial charge in [-0.15, -0.1) is 0 Å². The van der Waals surface area contributed by atoms with Gasteiger partial charge in [-0.25, -0.2) is 9.18 Å². The molecule has 0 saturated heterocycles. The zero-order valence-electron chi connectivity index (χ0n) is 10.8. The van der Waals surface area contributed by atoms with Gasteiger partial charge in [-0.05, 0) is 30.3 Å². The van der Waals surface area contributed by atoms with E-state index >= 15 is 0 Å². The number of alkyl halides is 3. The molecule has 2 rings (SSSR count). The maximum Gasteiger partial charge on any atom is 0.419 e. The second kappa shape index (κ2) is 5.55. The fourth-order valence-corrected chi connectivity index (χ4v) is 1.79. The number of halogens is 4. The Morgan fingerprint density at radius 2 is 1.82 bits per heavy atom. The van der Waals surface area contributed by atoms with E-state index < -0.39 is 40.5 Å². The van der Waals surface area contributed by atoms with Crippen LogP contribution in [-0.2, 0) is 6.18 Å². The molecule has 0 unspecified atom stereocenters. The molecule has 0 saturated carbocycles. The van der Waals surface area contributed by atoms with Crippen molar-refractivity contribution in [3.63, 3.8) is 0 Å². The number of phenols is 1. The molecular formula is C14H9F4NO3. The van der Waals surface area contributed by atoms with E-state index in [0.717, 1.165) is 24.3 Å². The largest absolute Gasteiger partial charge is 0.507 e. The summed E-state index contributed by atoms with van der Waals surface area (Å²) in [6, 6.07) is 5.93. The van der Waals surface area contributed by atoms with E-state index in [2.05, 4.69) is 5.32 Å². The van der Waals surface area contributed by atoms with Crippen LogP contribution in [0.2, 0.25) is 0 Å². The lowest BCUT2D eigenvalue weighted by Crippen LogP contribution is -2.09. The van der Waals surface area contributed by atoms with Crippen LogP contribution in [0.4, 0.5) is 28.9 Å². The van der Waals surface area contributed by atoms with Gasteiger partial charge in [0.15, 0.2) is 5.82 Å². The molecule has 0 heterocycles. The third kappa shape index (κ3) is 3.11. The predicted molar refractivity (Wildman–Crippen MR) is 69.8 cm³/mol. The number of nitrogens with one attached hydrogen (secondary N) is 1. The Morgan fingerprint density at radius 1 is 1.14 bits per heavy atom. The minimum atomic E-state index is -4.84. The van der Waals surface area contributed by atoms with E-state index in [9.17, 15) is 27.5 Å². The lowest BCUT2D eigenvalue weighted by atomic mass is 10.1. The quantitative estimate of drug-likeness (QED) is 0.591. The van der Waals surface area contributed by atoms with Crippen molar-refractivity contribution in [1.29, 1.82) is 0 Å². The monoisotopic (exact) mass is 315 g/mol. The van der Waals surface area contributed by atoms with Crippen LogP contribution in [0.15, 0.2) is 36.4 Å². The molecule has 3 N–H and O–H groups in total. The Bertz CT molecular complexity index is 729. The van der Waals surface area contributed by atoms with Crippen LogP contribution in [-0.4, -0.2) is 16.2 Å². The minimum absolute atomic E-state index is 0.0217. The van der Waals surface area contributed by atoms with E-state index in [0.29, 0.717) is 6.07 Å². The zero-order valence-corrected chi connectivity index (χ0v) is 10.8. The molecule has 8 heteroatoms. The van der Waals surface area contributed by atoms with Gasteiger partial charge in [0.1, 0.15) is 11.3 Å². The summed E-state index contributed by atoms with van der Waals surface area (Å²) in [5.74, 6) is -3.44. The molecular weight excluding hydrogens is 306 g/mol. The summed E-state index contributed by atoms with van der Waals surface area (Å²) in [7, 11) is 0. The van der Waals surface area contributed by atoms with Crippen LogP contribution in [0.1, 0.15) is 15.9 Å². The first-order valence-corrected chi connectivity index (χ1v) is 5.89. The zero-order chi connectivity index (χ0) is 16.5. The van der Waals surface area contributed by atoms with Crippen molar-refractivity contribution in [2.45, 2.75) is 6.18 Å². The molecule has 2 aromatic carbocycles. The van der Waals surface area contributed by atoms with Gasteiger partial charge in [-0.3, -0.25) is 0 Å². The van der Waals surface area contributed by atoms with Crippen molar-refractivity contribution >= 4 is 17.3 Å². The Kier molecular flexibility index (Phi) is 3.94. The van der Waals surface area contributed by atoms with Crippen molar-refractivity contribution in [3.05, 3.63) is 53.3 Å². The highest BCUT2D eigenvalue weighted by Gasteiger charge is 2.34. The van der Waals surface area contributed by atoms with Crippen molar-refractivity contribution < 1.29 is 32.6 Å². The van der Waals surface area contributed by atoms with Gasteiger partial charge in [0.25, 0.3) is 0 Å². The van der Waals surface area contributed by atoms with Crippen LogP contribution in [0.3, 0.4) is 0 Å². The number of hydrogen-bond acceptors (Lipinski definition) is 3. The molecule has 0 spiro atoms. The van der Waals surface area contributed by atoms with Crippen LogP contribution in [0.25, 0.3) is 0 Å². The summed E-state index contributed by atoms with van der Waals surface area (Å²) >= 11 is 0. The average Bonchev–Trinajstić information content (AvgIpc) is 2.41.